The Morgan fingerprint density at radius 1 is 1.10 bits per heavy atom. The topological polar surface area (TPSA) is 42.2 Å². The summed E-state index contributed by atoms with van der Waals surface area (Å²) < 4.78 is 5.62. The molecule has 21 heavy (non-hydrogen) atoms. The third-order valence-corrected chi connectivity index (χ3v) is 3.88. The number of hydrogen-bond donors (Lipinski definition) is 1. The molecule has 2 aromatic carbocycles. The molecule has 0 aliphatic rings. The summed E-state index contributed by atoms with van der Waals surface area (Å²) in [7, 11) is 0. The van der Waals surface area contributed by atoms with Crippen molar-refractivity contribution in [3.05, 3.63) is 63.8 Å². The Morgan fingerprint density at radius 3 is 2.62 bits per heavy atom. The molecule has 0 spiro atoms. The van der Waals surface area contributed by atoms with E-state index in [1.54, 1.807) is 24.3 Å². The lowest BCUT2D eigenvalue weighted by Crippen LogP contribution is -2.10. The summed E-state index contributed by atoms with van der Waals surface area (Å²) in [5.41, 5.74) is 2.27. The highest BCUT2D eigenvalue weighted by Crippen LogP contribution is 2.26. The fourth-order valence-electron chi connectivity index (χ4n) is 2.09. The number of nitrogens with one attached hydrogen (secondary N) is 1. The first-order valence-electron chi connectivity index (χ1n) is 6.30. The molecule has 0 radical (unpaired) electrons. The van der Waals surface area contributed by atoms with Gasteiger partial charge in [-0.15, -0.1) is 0 Å². The van der Waals surface area contributed by atoms with E-state index in [-0.39, 0.29) is 11.7 Å². The molecule has 5 heteroatoms. The molecule has 106 valence electrons. The van der Waals surface area contributed by atoms with Gasteiger partial charge in [-0.1, -0.05) is 41.4 Å². The fraction of sp³-hybridized carbons (Fsp3) is 0.0625. The predicted molar refractivity (Wildman–Crippen MR) is 85.4 cm³/mol. The van der Waals surface area contributed by atoms with E-state index in [4.69, 9.17) is 27.6 Å². The molecule has 1 aromatic heterocycles. The van der Waals surface area contributed by atoms with E-state index in [9.17, 15) is 4.79 Å². The van der Waals surface area contributed by atoms with Crippen molar-refractivity contribution < 1.29 is 9.21 Å². The summed E-state index contributed by atoms with van der Waals surface area (Å²) >= 11 is 11.8. The molecule has 1 amide bonds. The summed E-state index contributed by atoms with van der Waals surface area (Å²) in [6.07, 6.45) is 0. The van der Waals surface area contributed by atoms with E-state index in [2.05, 4.69) is 5.32 Å². The lowest BCUT2D eigenvalue weighted by atomic mass is 10.2. The third kappa shape index (κ3) is 2.75. The Kier molecular flexibility index (Phi) is 3.62. The van der Waals surface area contributed by atoms with Gasteiger partial charge in [-0.2, -0.15) is 0 Å². The van der Waals surface area contributed by atoms with Crippen LogP contribution >= 0.6 is 23.2 Å². The Bertz CT molecular complexity index is 839. The second-order valence-corrected chi connectivity index (χ2v) is 5.50. The molecule has 0 aliphatic heterocycles. The van der Waals surface area contributed by atoms with Crippen molar-refractivity contribution >= 4 is 45.8 Å². The first kappa shape index (κ1) is 14.0. The first-order chi connectivity index (χ1) is 10.0. The van der Waals surface area contributed by atoms with Crippen molar-refractivity contribution in [1.29, 1.82) is 0 Å². The van der Waals surface area contributed by atoms with Crippen LogP contribution in [0.15, 0.2) is 46.9 Å². The molecule has 0 atom stereocenters. The minimum atomic E-state index is -0.330. The van der Waals surface area contributed by atoms with Crippen LogP contribution in [-0.4, -0.2) is 5.91 Å². The van der Waals surface area contributed by atoms with Crippen molar-refractivity contribution in [2.45, 2.75) is 6.92 Å². The maximum atomic E-state index is 12.2. The van der Waals surface area contributed by atoms with Gasteiger partial charge in [0.15, 0.2) is 5.76 Å². The second-order valence-electron chi connectivity index (χ2n) is 4.69. The Balaban J connectivity index is 1.90. The molecular formula is C16H11Cl2NO2. The SMILES string of the molecule is Cc1cccc2cc(C(=O)Nc3ccc(Cl)c(Cl)c3)oc12. The number of amides is 1. The van der Waals surface area contributed by atoms with Crippen molar-refractivity contribution in [3.63, 3.8) is 0 Å². The lowest BCUT2D eigenvalue weighted by Gasteiger charge is -2.04. The lowest BCUT2D eigenvalue weighted by molar-refractivity contribution is 0.0998. The molecule has 3 nitrogen and oxygen atoms in total. The van der Waals surface area contributed by atoms with E-state index < -0.39 is 0 Å². The molecular weight excluding hydrogens is 309 g/mol. The summed E-state index contributed by atoms with van der Waals surface area (Å²) in [6.45, 7) is 1.94. The van der Waals surface area contributed by atoms with Gasteiger partial charge in [0.05, 0.1) is 10.0 Å². The average molecular weight is 320 g/mol. The molecule has 0 saturated carbocycles. The fourth-order valence-corrected chi connectivity index (χ4v) is 2.39. The second kappa shape index (κ2) is 5.43. The number of furan rings is 1. The number of carbonyl (C=O) groups excluding carboxylic acids is 1. The van der Waals surface area contributed by atoms with E-state index >= 15 is 0 Å². The van der Waals surface area contributed by atoms with Crippen LogP contribution in [0.2, 0.25) is 10.0 Å². The zero-order valence-corrected chi connectivity index (χ0v) is 12.6. The average Bonchev–Trinajstić information content (AvgIpc) is 2.89. The van der Waals surface area contributed by atoms with E-state index in [0.717, 1.165) is 16.5 Å². The van der Waals surface area contributed by atoms with Gasteiger partial charge in [0.1, 0.15) is 5.58 Å². The van der Waals surface area contributed by atoms with Crippen LogP contribution in [0.5, 0.6) is 0 Å². The monoisotopic (exact) mass is 319 g/mol. The van der Waals surface area contributed by atoms with Gasteiger partial charge in [-0.3, -0.25) is 4.79 Å². The number of halogens is 2. The molecule has 3 rings (SSSR count). The van der Waals surface area contributed by atoms with Gasteiger partial charge >= 0.3 is 0 Å². The minimum absolute atomic E-state index is 0.255. The highest BCUT2D eigenvalue weighted by Gasteiger charge is 2.14. The van der Waals surface area contributed by atoms with E-state index in [1.165, 1.54) is 0 Å². The largest absolute Gasteiger partial charge is 0.451 e. The van der Waals surface area contributed by atoms with Gasteiger partial charge in [0.2, 0.25) is 0 Å². The number of para-hydroxylation sites is 1. The number of benzene rings is 2. The van der Waals surface area contributed by atoms with Crippen molar-refractivity contribution in [2.24, 2.45) is 0 Å². The molecule has 0 aliphatic carbocycles. The van der Waals surface area contributed by atoms with Gasteiger partial charge in [0, 0.05) is 11.1 Å². The number of hydrogen-bond acceptors (Lipinski definition) is 2. The van der Waals surface area contributed by atoms with Gasteiger partial charge in [0.25, 0.3) is 5.91 Å². The molecule has 0 bridgehead atoms. The minimum Gasteiger partial charge on any atom is -0.451 e. The molecule has 0 fully saturated rings. The third-order valence-electron chi connectivity index (χ3n) is 3.14. The molecule has 1 heterocycles. The molecule has 1 N–H and O–H groups in total. The molecule has 0 unspecified atom stereocenters. The smallest absolute Gasteiger partial charge is 0.291 e. The van der Waals surface area contributed by atoms with Crippen LogP contribution < -0.4 is 5.32 Å². The van der Waals surface area contributed by atoms with Crippen molar-refractivity contribution in [1.82, 2.24) is 0 Å². The van der Waals surface area contributed by atoms with Crippen LogP contribution in [0.25, 0.3) is 11.0 Å². The Hall–Kier alpha value is -1.97. The summed E-state index contributed by atoms with van der Waals surface area (Å²) in [4.78, 5) is 12.2. The summed E-state index contributed by atoms with van der Waals surface area (Å²) in [5.74, 6) is -0.0747. The predicted octanol–water partition coefficient (Wildman–Crippen LogP) is 5.30. The summed E-state index contributed by atoms with van der Waals surface area (Å²) in [6, 6.07) is 12.4. The van der Waals surface area contributed by atoms with Crippen LogP contribution in [0.1, 0.15) is 16.1 Å². The highest BCUT2D eigenvalue weighted by molar-refractivity contribution is 6.42. The maximum Gasteiger partial charge on any atom is 0.291 e. The summed E-state index contributed by atoms with van der Waals surface area (Å²) in [5, 5.41) is 4.45. The molecule has 3 aromatic rings. The normalized spacial score (nSPS) is 10.8. The number of carbonyl (C=O) groups is 1. The van der Waals surface area contributed by atoms with Gasteiger partial charge < -0.3 is 9.73 Å². The molecule has 0 saturated heterocycles. The van der Waals surface area contributed by atoms with Crippen LogP contribution in [0, 0.1) is 6.92 Å². The van der Waals surface area contributed by atoms with Crippen LogP contribution in [0.3, 0.4) is 0 Å². The Labute approximate surface area is 131 Å². The Morgan fingerprint density at radius 2 is 1.90 bits per heavy atom. The quantitative estimate of drug-likeness (QED) is 0.696. The number of anilines is 1. The number of rotatable bonds is 2. The van der Waals surface area contributed by atoms with E-state index in [1.807, 2.05) is 25.1 Å². The van der Waals surface area contributed by atoms with Crippen LogP contribution in [-0.2, 0) is 0 Å². The van der Waals surface area contributed by atoms with Crippen molar-refractivity contribution in [2.75, 3.05) is 5.32 Å². The first-order valence-corrected chi connectivity index (χ1v) is 7.06. The van der Waals surface area contributed by atoms with E-state index in [0.29, 0.717) is 15.7 Å². The number of aryl methyl sites for hydroxylation is 1. The van der Waals surface area contributed by atoms with Crippen molar-refractivity contribution in [3.8, 4) is 0 Å². The van der Waals surface area contributed by atoms with Gasteiger partial charge in [-0.25, -0.2) is 0 Å². The zero-order valence-electron chi connectivity index (χ0n) is 11.1. The number of fused-ring (bicyclic) bond motifs is 1. The standard InChI is InChI=1S/C16H11Cl2NO2/c1-9-3-2-4-10-7-14(21-15(9)10)16(20)19-11-5-6-12(17)13(18)8-11/h2-8H,1H3,(H,19,20). The highest BCUT2D eigenvalue weighted by atomic mass is 35.5. The maximum absolute atomic E-state index is 12.2. The van der Waals surface area contributed by atoms with Crippen LogP contribution in [0.4, 0.5) is 5.69 Å². The zero-order chi connectivity index (χ0) is 15.0. The van der Waals surface area contributed by atoms with Gasteiger partial charge in [-0.05, 0) is 36.8 Å².